The Kier molecular flexibility index (Phi) is 2.79. The molecule has 1 atom stereocenters. The standard InChI is InChI=1S/C9H12N2O2S/c12-11(13)9-4-3-8(14-9)7-2-1-5-10-6-7/h3-4,7,10H,1-2,5-6H2/t7-/m1/s1. The summed E-state index contributed by atoms with van der Waals surface area (Å²) in [5.74, 6) is 0.474. The van der Waals surface area contributed by atoms with Crippen molar-refractivity contribution in [3.63, 3.8) is 0 Å². The molecule has 2 heterocycles. The highest BCUT2D eigenvalue weighted by Gasteiger charge is 2.19. The van der Waals surface area contributed by atoms with Gasteiger partial charge >= 0.3 is 5.00 Å². The first-order chi connectivity index (χ1) is 6.77. The van der Waals surface area contributed by atoms with Gasteiger partial charge in [-0.1, -0.05) is 11.3 Å². The third-order valence-electron chi connectivity index (χ3n) is 2.49. The summed E-state index contributed by atoms with van der Waals surface area (Å²) in [4.78, 5) is 11.3. The normalized spacial score (nSPS) is 22.1. The summed E-state index contributed by atoms with van der Waals surface area (Å²) in [6, 6.07) is 3.50. The van der Waals surface area contributed by atoms with Crippen LogP contribution in [0, 0.1) is 10.1 Å². The first-order valence-corrected chi connectivity index (χ1v) is 5.54. The molecule has 1 aromatic heterocycles. The van der Waals surface area contributed by atoms with E-state index in [1.807, 2.05) is 6.07 Å². The van der Waals surface area contributed by atoms with Crippen molar-refractivity contribution in [2.75, 3.05) is 13.1 Å². The summed E-state index contributed by atoms with van der Waals surface area (Å²) in [6.45, 7) is 2.03. The number of piperidine rings is 1. The maximum absolute atomic E-state index is 10.5. The van der Waals surface area contributed by atoms with Crippen molar-refractivity contribution in [2.24, 2.45) is 0 Å². The van der Waals surface area contributed by atoms with E-state index in [0.29, 0.717) is 5.92 Å². The van der Waals surface area contributed by atoms with E-state index < -0.39 is 0 Å². The minimum Gasteiger partial charge on any atom is -0.316 e. The van der Waals surface area contributed by atoms with Crippen molar-refractivity contribution >= 4 is 16.3 Å². The minimum absolute atomic E-state index is 0.255. The van der Waals surface area contributed by atoms with Crippen LogP contribution in [0.2, 0.25) is 0 Å². The Hall–Kier alpha value is -0.940. The topological polar surface area (TPSA) is 55.2 Å². The third kappa shape index (κ3) is 1.93. The van der Waals surface area contributed by atoms with Gasteiger partial charge in [0.05, 0.1) is 4.92 Å². The Balaban J connectivity index is 2.11. The van der Waals surface area contributed by atoms with E-state index >= 15 is 0 Å². The molecule has 1 saturated heterocycles. The van der Waals surface area contributed by atoms with Gasteiger partial charge in [0.1, 0.15) is 0 Å². The first kappa shape index (κ1) is 9.61. The van der Waals surface area contributed by atoms with Crippen LogP contribution < -0.4 is 5.32 Å². The Morgan fingerprint density at radius 3 is 3.00 bits per heavy atom. The second kappa shape index (κ2) is 4.06. The molecule has 0 spiro atoms. The van der Waals surface area contributed by atoms with E-state index in [0.717, 1.165) is 30.8 Å². The van der Waals surface area contributed by atoms with Gasteiger partial charge in [-0.25, -0.2) is 0 Å². The van der Waals surface area contributed by atoms with E-state index in [4.69, 9.17) is 0 Å². The monoisotopic (exact) mass is 212 g/mol. The van der Waals surface area contributed by atoms with Gasteiger partial charge in [0.15, 0.2) is 0 Å². The van der Waals surface area contributed by atoms with Crippen LogP contribution in [0.15, 0.2) is 12.1 Å². The van der Waals surface area contributed by atoms with Crippen molar-refractivity contribution in [3.05, 3.63) is 27.1 Å². The van der Waals surface area contributed by atoms with Crippen LogP contribution in [0.25, 0.3) is 0 Å². The summed E-state index contributed by atoms with van der Waals surface area (Å²) in [6.07, 6.45) is 2.31. The largest absolute Gasteiger partial charge is 0.324 e. The van der Waals surface area contributed by atoms with Gasteiger partial charge in [-0.05, 0) is 25.5 Å². The predicted molar refractivity (Wildman–Crippen MR) is 55.8 cm³/mol. The summed E-state index contributed by atoms with van der Waals surface area (Å²) in [5.41, 5.74) is 0. The molecule has 5 heteroatoms. The Labute approximate surface area is 86.1 Å². The lowest BCUT2D eigenvalue weighted by atomic mass is 9.98. The Morgan fingerprint density at radius 2 is 2.43 bits per heavy atom. The molecule has 0 bridgehead atoms. The van der Waals surface area contributed by atoms with E-state index in [1.165, 1.54) is 11.3 Å². The lowest BCUT2D eigenvalue weighted by molar-refractivity contribution is -0.380. The van der Waals surface area contributed by atoms with Gasteiger partial charge in [0.2, 0.25) is 0 Å². The molecule has 0 unspecified atom stereocenters. The predicted octanol–water partition coefficient (Wildman–Crippen LogP) is 2.12. The molecule has 0 radical (unpaired) electrons. The first-order valence-electron chi connectivity index (χ1n) is 4.72. The van der Waals surface area contributed by atoms with E-state index in [-0.39, 0.29) is 9.92 Å². The molecular formula is C9H12N2O2S. The molecule has 1 fully saturated rings. The van der Waals surface area contributed by atoms with Gasteiger partial charge in [0.25, 0.3) is 0 Å². The van der Waals surface area contributed by atoms with Gasteiger partial charge < -0.3 is 5.32 Å². The summed E-state index contributed by atoms with van der Waals surface area (Å²) >= 11 is 1.31. The number of hydrogen-bond acceptors (Lipinski definition) is 4. The van der Waals surface area contributed by atoms with Gasteiger partial charge in [-0.2, -0.15) is 0 Å². The second-order valence-electron chi connectivity index (χ2n) is 3.48. The van der Waals surface area contributed by atoms with Crippen molar-refractivity contribution in [3.8, 4) is 0 Å². The molecule has 0 saturated carbocycles. The SMILES string of the molecule is O=[N+]([O-])c1ccc([C@@H]2CCCNC2)s1. The zero-order valence-corrected chi connectivity index (χ0v) is 8.55. The zero-order chi connectivity index (χ0) is 9.97. The number of thiophene rings is 1. The maximum Gasteiger partial charge on any atom is 0.324 e. The average molecular weight is 212 g/mol. The van der Waals surface area contributed by atoms with Gasteiger partial charge in [-0.3, -0.25) is 10.1 Å². The molecule has 0 aromatic carbocycles. The highest BCUT2D eigenvalue weighted by Crippen LogP contribution is 2.32. The maximum atomic E-state index is 10.5. The molecule has 0 aliphatic carbocycles. The quantitative estimate of drug-likeness (QED) is 0.603. The zero-order valence-electron chi connectivity index (χ0n) is 7.73. The molecule has 1 aliphatic rings. The molecule has 76 valence electrons. The number of nitrogens with zero attached hydrogens (tertiary/aromatic N) is 1. The van der Waals surface area contributed by atoms with E-state index in [1.54, 1.807) is 6.07 Å². The molecule has 14 heavy (non-hydrogen) atoms. The molecule has 0 amide bonds. The van der Waals surface area contributed by atoms with E-state index in [2.05, 4.69) is 5.32 Å². The highest BCUT2D eigenvalue weighted by molar-refractivity contribution is 7.15. The smallest absolute Gasteiger partial charge is 0.316 e. The minimum atomic E-state index is -0.315. The molecule has 1 N–H and O–H groups in total. The number of nitro groups is 1. The van der Waals surface area contributed by atoms with E-state index in [9.17, 15) is 10.1 Å². The molecular weight excluding hydrogens is 200 g/mol. The summed E-state index contributed by atoms with van der Waals surface area (Å²) < 4.78 is 0. The number of rotatable bonds is 2. The fourth-order valence-corrected chi connectivity index (χ4v) is 2.71. The van der Waals surface area contributed by atoms with Crippen LogP contribution in [0.4, 0.5) is 5.00 Å². The number of hydrogen-bond donors (Lipinski definition) is 1. The van der Waals surface area contributed by atoms with Crippen molar-refractivity contribution in [2.45, 2.75) is 18.8 Å². The number of nitrogens with one attached hydrogen (secondary N) is 1. The summed E-state index contributed by atoms with van der Waals surface area (Å²) in [7, 11) is 0. The van der Waals surface area contributed by atoms with Gasteiger partial charge in [0, 0.05) is 23.4 Å². The van der Waals surface area contributed by atoms with Crippen LogP contribution in [0.3, 0.4) is 0 Å². The van der Waals surface area contributed by atoms with Crippen LogP contribution >= 0.6 is 11.3 Å². The van der Waals surface area contributed by atoms with Crippen molar-refractivity contribution in [1.82, 2.24) is 5.32 Å². The fourth-order valence-electron chi connectivity index (χ4n) is 1.75. The van der Waals surface area contributed by atoms with Crippen molar-refractivity contribution in [1.29, 1.82) is 0 Å². The summed E-state index contributed by atoms with van der Waals surface area (Å²) in [5, 5.41) is 14.1. The molecule has 1 aliphatic heterocycles. The van der Waals surface area contributed by atoms with Crippen LogP contribution in [-0.2, 0) is 0 Å². The second-order valence-corrected chi connectivity index (χ2v) is 4.57. The third-order valence-corrected chi connectivity index (χ3v) is 3.69. The lowest BCUT2D eigenvalue weighted by Gasteiger charge is -2.21. The molecule has 2 rings (SSSR count). The molecule has 1 aromatic rings. The van der Waals surface area contributed by atoms with Gasteiger partial charge in [-0.15, -0.1) is 0 Å². The van der Waals surface area contributed by atoms with Crippen LogP contribution in [0.5, 0.6) is 0 Å². The lowest BCUT2D eigenvalue weighted by Crippen LogP contribution is -2.27. The Bertz CT molecular complexity index is 331. The van der Waals surface area contributed by atoms with Crippen LogP contribution in [-0.4, -0.2) is 18.0 Å². The molecule has 4 nitrogen and oxygen atoms in total. The Morgan fingerprint density at radius 1 is 1.57 bits per heavy atom. The fraction of sp³-hybridized carbons (Fsp3) is 0.556. The van der Waals surface area contributed by atoms with Crippen molar-refractivity contribution < 1.29 is 4.92 Å². The highest BCUT2D eigenvalue weighted by atomic mass is 32.1. The average Bonchev–Trinajstić information content (AvgIpc) is 2.68. The van der Waals surface area contributed by atoms with Crippen LogP contribution in [0.1, 0.15) is 23.6 Å².